The standard InChI is InChI=1S/C13H21NO5S/c1-13(2,20(3,18)19)12(17)14-6-9(8-4-5-8)10(7-14)11(15)16/h8-10H,4-7H2,1-3H3,(H,15,16)/t9-,10+/m1/s1. The highest BCUT2D eigenvalue weighted by Crippen LogP contribution is 2.44. The van der Waals surface area contributed by atoms with Crippen LogP contribution < -0.4 is 0 Å². The van der Waals surface area contributed by atoms with Crippen molar-refractivity contribution in [2.75, 3.05) is 19.3 Å². The van der Waals surface area contributed by atoms with Crippen LogP contribution >= 0.6 is 0 Å². The van der Waals surface area contributed by atoms with E-state index in [1.54, 1.807) is 0 Å². The van der Waals surface area contributed by atoms with Crippen LogP contribution in [0.15, 0.2) is 0 Å². The summed E-state index contributed by atoms with van der Waals surface area (Å²) in [5, 5.41) is 9.27. The lowest BCUT2D eigenvalue weighted by molar-refractivity contribution is -0.142. The molecule has 2 aliphatic rings. The fourth-order valence-electron chi connectivity index (χ4n) is 2.80. The zero-order valence-corrected chi connectivity index (χ0v) is 12.8. The van der Waals surface area contributed by atoms with Crippen LogP contribution in [0.3, 0.4) is 0 Å². The maximum absolute atomic E-state index is 12.4. The average molecular weight is 303 g/mol. The molecule has 0 unspecified atom stereocenters. The lowest BCUT2D eigenvalue weighted by Crippen LogP contribution is -2.49. The molecule has 1 aliphatic carbocycles. The monoisotopic (exact) mass is 303 g/mol. The summed E-state index contributed by atoms with van der Waals surface area (Å²) >= 11 is 0. The largest absolute Gasteiger partial charge is 0.481 e. The minimum atomic E-state index is -3.54. The highest BCUT2D eigenvalue weighted by molar-refractivity contribution is 7.92. The van der Waals surface area contributed by atoms with Gasteiger partial charge in [-0.1, -0.05) is 0 Å². The topological polar surface area (TPSA) is 91.8 Å². The van der Waals surface area contributed by atoms with E-state index in [9.17, 15) is 23.1 Å². The van der Waals surface area contributed by atoms with Gasteiger partial charge in [-0.2, -0.15) is 0 Å². The summed E-state index contributed by atoms with van der Waals surface area (Å²) in [5.74, 6) is -1.62. The fraction of sp³-hybridized carbons (Fsp3) is 0.846. The Balaban J connectivity index is 2.19. The van der Waals surface area contributed by atoms with E-state index < -0.39 is 32.4 Å². The smallest absolute Gasteiger partial charge is 0.308 e. The van der Waals surface area contributed by atoms with Crippen LogP contribution in [0.25, 0.3) is 0 Å². The van der Waals surface area contributed by atoms with Gasteiger partial charge in [-0.05, 0) is 38.5 Å². The third-order valence-electron chi connectivity index (χ3n) is 4.64. The molecule has 1 saturated heterocycles. The van der Waals surface area contributed by atoms with E-state index in [4.69, 9.17) is 0 Å². The lowest BCUT2D eigenvalue weighted by atomic mass is 9.92. The van der Waals surface area contributed by atoms with Gasteiger partial charge in [0.2, 0.25) is 5.91 Å². The van der Waals surface area contributed by atoms with Crippen molar-refractivity contribution in [1.82, 2.24) is 4.90 Å². The van der Waals surface area contributed by atoms with Gasteiger partial charge in [0.25, 0.3) is 0 Å². The van der Waals surface area contributed by atoms with Crippen LogP contribution in [-0.2, 0) is 19.4 Å². The molecule has 1 saturated carbocycles. The van der Waals surface area contributed by atoms with Crippen LogP contribution in [0.1, 0.15) is 26.7 Å². The van der Waals surface area contributed by atoms with E-state index in [-0.39, 0.29) is 12.5 Å². The Morgan fingerprint density at radius 1 is 1.20 bits per heavy atom. The Labute approximate surface area is 119 Å². The molecule has 2 fully saturated rings. The van der Waals surface area contributed by atoms with Crippen molar-refractivity contribution in [2.24, 2.45) is 17.8 Å². The van der Waals surface area contributed by atoms with Gasteiger partial charge in [0.1, 0.15) is 4.75 Å². The normalized spacial score (nSPS) is 27.6. The maximum Gasteiger partial charge on any atom is 0.308 e. The zero-order chi connectivity index (χ0) is 15.3. The van der Waals surface area contributed by atoms with Crippen molar-refractivity contribution < 1.29 is 23.1 Å². The molecular formula is C13H21NO5S. The Bertz CT molecular complexity index is 535. The van der Waals surface area contributed by atoms with Crippen LogP contribution in [0.4, 0.5) is 0 Å². The van der Waals surface area contributed by atoms with Crippen LogP contribution in [-0.4, -0.2) is 54.4 Å². The van der Waals surface area contributed by atoms with Crippen molar-refractivity contribution in [1.29, 1.82) is 0 Å². The Morgan fingerprint density at radius 2 is 1.75 bits per heavy atom. The Hall–Kier alpha value is -1.11. The number of carboxylic acid groups (broad SMARTS) is 1. The number of likely N-dealkylation sites (tertiary alicyclic amines) is 1. The average Bonchev–Trinajstić information content (AvgIpc) is 3.05. The number of nitrogens with zero attached hydrogens (tertiary/aromatic N) is 1. The van der Waals surface area contributed by atoms with E-state index >= 15 is 0 Å². The van der Waals surface area contributed by atoms with E-state index in [1.165, 1.54) is 18.7 Å². The molecule has 0 aromatic carbocycles. The third-order valence-corrected chi connectivity index (χ3v) is 6.67. The number of hydrogen-bond acceptors (Lipinski definition) is 4. The van der Waals surface area contributed by atoms with Gasteiger partial charge < -0.3 is 10.0 Å². The molecule has 0 spiro atoms. The van der Waals surface area contributed by atoms with Gasteiger partial charge in [-0.3, -0.25) is 9.59 Å². The second-order valence-corrected chi connectivity index (χ2v) is 9.00. The number of aliphatic carboxylic acids is 1. The zero-order valence-electron chi connectivity index (χ0n) is 12.0. The quantitative estimate of drug-likeness (QED) is 0.810. The predicted molar refractivity (Wildman–Crippen MR) is 72.8 cm³/mol. The van der Waals surface area contributed by atoms with E-state index in [0.29, 0.717) is 12.5 Å². The molecule has 1 N–H and O–H groups in total. The minimum absolute atomic E-state index is 0.0354. The first-order valence-corrected chi connectivity index (χ1v) is 8.66. The first-order chi connectivity index (χ1) is 9.05. The summed E-state index contributed by atoms with van der Waals surface area (Å²) in [6.45, 7) is 3.24. The number of rotatable bonds is 4. The van der Waals surface area contributed by atoms with Gasteiger partial charge in [-0.15, -0.1) is 0 Å². The fourth-order valence-corrected chi connectivity index (χ4v) is 3.24. The molecule has 2 rings (SSSR count). The van der Waals surface area contributed by atoms with Gasteiger partial charge in [0, 0.05) is 19.3 Å². The van der Waals surface area contributed by atoms with E-state index in [2.05, 4.69) is 0 Å². The molecule has 0 radical (unpaired) electrons. The molecule has 0 aromatic heterocycles. The molecule has 1 aliphatic heterocycles. The SMILES string of the molecule is CC(C)(C(=O)N1C[C@H](C(=O)O)[C@@H](C2CC2)C1)S(C)(=O)=O. The summed E-state index contributed by atoms with van der Waals surface area (Å²) in [4.78, 5) is 25.1. The number of carbonyl (C=O) groups excluding carboxylic acids is 1. The van der Waals surface area contributed by atoms with Gasteiger partial charge >= 0.3 is 5.97 Å². The highest BCUT2D eigenvalue weighted by atomic mass is 32.2. The second-order valence-electron chi connectivity index (χ2n) is 6.44. The molecule has 0 bridgehead atoms. The summed E-state index contributed by atoms with van der Waals surface area (Å²) < 4.78 is 22.0. The van der Waals surface area contributed by atoms with Crippen LogP contribution in [0.5, 0.6) is 0 Å². The van der Waals surface area contributed by atoms with Crippen LogP contribution in [0.2, 0.25) is 0 Å². The van der Waals surface area contributed by atoms with Crippen molar-refractivity contribution in [3.05, 3.63) is 0 Å². The number of amides is 1. The van der Waals surface area contributed by atoms with Crippen LogP contribution in [0, 0.1) is 17.8 Å². The summed E-state index contributed by atoms with van der Waals surface area (Å²) in [5.41, 5.74) is 0. The maximum atomic E-state index is 12.4. The molecule has 1 heterocycles. The first-order valence-electron chi connectivity index (χ1n) is 6.77. The van der Waals surface area contributed by atoms with Gasteiger partial charge in [-0.25, -0.2) is 8.42 Å². The van der Waals surface area contributed by atoms with Crippen molar-refractivity contribution in [2.45, 2.75) is 31.4 Å². The molecule has 2 atom stereocenters. The minimum Gasteiger partial charge on any atom is -0.481 e. The molecular weight excluding hydrogens is 282 g/mol. The Kier molecular flexibility index (Phi) is 3.60. The summed E-state index contributed by atoms with van der Waals surface area (Å²) in [7, 11) is -3.54. The van der Waals surface area contributed by atoms with Crippen molar-refractivity contribution in [3.63, 3.8) is 0 Å². The van der Waals surface area contributed by atoms with Crippen molar-refractivity contribution >= 4 is 21.7 Å². The highest BCUT2D eigenvalue weighted by Gasteiger charge is 2.50. The van der Waals surface area contributed by atoms with E-state index in [1.807, 2.05) is 0 Å². The number of carbonyl (C=O) groups is 2. The number of carboxylic acids is 1. The summed E-state index contributed by atoms with van der Waals surface area (Å²) in [6.07, 6.45) is 3.05. The predicted octanol–water partition coefficient (Wildman–Crippen LogP) is 0.379. The van der Waals surface area contributed by atoms with Crippen molar-refractivity contribution in [3.8, 4) is 0 Å². The number of hydrogen-bond donors (Lipinski definition) is 1. The lowest BCUT2D eigenvalue weighted by Gasteiger charge is -2.27. The number of sulfone groups is 1. The third kappa shape index (κ3) is 2.55. The molecule has 0 aromatic rings. The molecule has 1 amide bonds. The summed E-state index contributed by atoms with van der Waals surface area (Å²) in [6, 6.07) is 0. The van der Waals surface area contributed by atoms with Gasteiger partial charge in [0.15, 0.2) is 9.84 Å². The molecule has 114 valence electrons. The molecule has 7 heteroatoms. The second kappa shape index (κ2) is 4.72. The Morgan fingerprint density at radius 3 is 2.15 bits per heavy atom. The van der Waals surface area contributed by atoms with Gasteiger partial charge in [0.05, 0.1) is 5.92 Å². The van der Waals surface area contributed by atoms with E-state index in [0.717, 1.165) is 19.1 Å². The molecule has 20 heavy (non-hydrogen) atoms. The first kappa shape index (κ1) is 15.3. The molecule has 6 nitrogen and oxygen atoms in total.